The molecule has 2 heterocycles. The number of nitrogens with zero attached hydrogens (tertiary/aromatic N) is 2. The molecular weight excluding hydrogens is 496 g/mol. The van der Waals surface area contributed by atoms with E-state index < -0.39 is 24.3 Å². The van der Waals surface area contributed by atoms with E-state index in [9.17, 15) is 27.2 Å². The van der Waals surface area contributed by atoms with Gasteiger partial charge >= 0.3 is 12.4 Å². The quantitative estimate of drug-likeness (QED) is 0.347. The molecule has 1 fully saturated rings. The number of hydrogen-bond donors (Lipinski definition) is 2. The first-order valence-electron chi connectivity index (χ1n) is 11.4. The number of alkyl halides is 3. The van der Waals surface area contributed by atoms with Crippen molar-refractivity contribution in [3.63, 3.8) is 0 Å². The van der Waals surface area contributed by atoms with Crippen LogP contribution in [0.4, 0.5) is 28.0 Å². The molecule has 3 aromatic rings. The van der Waals surface area contributed by atoms with Crippen LogP contribution in [0.2, 0.25) is 0 Å². The van der Waals surface area contributed by atoms with Crippen LogP contribution in [0.25, 0.3) is 11.1 Å². The summed E-state index contributed by atoms with van der Waals surface area (Å²) in [7, 11) is 0. The van der Waals surface area contributed by atoms with Gasteiger partial charge in [-0.2, -0.15) is 0 Å². The monoisotopic (exact) mass is 521 g/mol. The van der Waals surface area contributed by atoms with Gasteiger partial charge in [0, 0.05) is 26.0 Å². The Bertz CT molecular complexity index is 1290. The number of amides is 2. The van der Waals surface area contributed by atoms with E-state index in [1.807, 2.05) is 0 Å². The fraction of sp³-hybridized carbons (Fsp3) is 0.320. The van der Waals surface area contributed by atoms with Gasteiger partial charge in [-0.15, -0.1) is 13.2 Å². The number of hydrogen-bond acceptors (Lipinski definition) is 5. The SMILES string of the molecule is CC(=O)NC[C@H]1CN(c2ccc(-c3ccc(CNCc4cc(C)o[n+]4C(F)(F)F)cc3)c(F)c2)C(=O)O1. The topological polar surface area (TPSA) is 87.7 Å². The maximum Gasteiger partial charge on any atom is 0.679 e. The van der Waals surface area contributed by atoms with Gasteiger partial charge in [0.05, 0.1) is 36.1 Å². The zero-order chi connectivity index (χ0) is 26.7. The van der Waals surface area contributed by atoms with E-state index in [-0.39, 0.29) is 41.7 Å². The molecule has 1 saturated heterocycles. The van der Waals surface area contributed by atoms with Crippen molar-refractivity contribution in [1.82, 2.24) is 10.6 Å². The highest BCUT2D eigenvalue weighted by Gasteiger charge is 2.49. The molecule has 37 heavy (non-hydrogen) atoms. The van der Waals surface area contributed by atoms with Crippen LogP contribution in [-0.4, -0.2) is 31.2 Å². The second-order valence-electron chi connectivity index (χ2n) is 8.62. The van der Waals surface area contributed by atoms with Crippen molar-refractivity contribution in [2.75, 3.05) is 18.0 Å². The first-order valence-corrected chi connectivity index (χ1v) is 11.4. The van der Waals surface area contributed by atoms with Gasteiger partial charge in [0.2, 0.25) is 5.91 Å². The second-order valence-corrected chi connectivity index (χ2v) is 8.62. The number of carbonyl (C=O) groups excluding carboxylic acids is 2. The molecule has 8 nitrogen and oxygen atoms in total. The van der Waals surface area contributed by atoms with Crippen LogP contribution in [0.1, 0.15) is 23.9 Å². The summed E-state index contributed by atoms with van der Waals surface area (Å²) < 4.78 is 63.9. The molecule has 1 aliphatic rings. The number of anilines is 1. The summed E-state index contributed by atoms with van der Waals surface area (Å²) in [5, 5.41) is 5.53. The standard InChI is InChI=1S/C25H24F4N4O4/c1-15-9-20(33(37-15)25(27,28)29)12-30-11-17-3-5-18(6-4-17)22-8-7-19(10-23(22)26)32-14-21(36-24(32)35)13-31-16(2)34/h3-10,21,30H,11-14H2,1-2H3/p+1/t21-/m0/s1. The largest absolute Gasteiger partial charge is 0.679 e. The maximum atomic E-state index is 14.9. The third-order valence-corrected chi connectivity index (χ3v) is 5.71. The van der Waals surface area contributed by atoms with Crippen molar-refractivity contribution in [3.05, 3.63) is 71.4 Å². The van der Waals surface area contributed by atoms with Gasteiger partial charge in [0.15, 0.2) is 5.76 Å². The Kier molecular flexibility index (Phi) is 7.48. The summed E-state index contributed by atoms with van der Waals surface area (Å²) in [5.74, 6) is -0.624. The highest BCUT2D eigenvalue weighted by Crippen LogP contribution is 2.29. The van der Waals surface area contributed by atoms with E-state index in [2.05, 4.69) is 10.6 Å². The molecule has 0 radical (unpaired) electrons. The summed E-state index contributed by atoms with van der Waals surface area (Å²) >= 11 is 0. The van der Waals surface area contributed by atoms with E-state index in [0.29, 0.717) is 23.4 Å². The van der Waals surface area contributed by atoms with Gasteiger partial charge in [0.25, 0.3) is 5.69 Å². The minimum absolute atomic E-state index is 0.0490. The van der Waals surface area contributed by atoms with Gasteiger partial charge in [-0.1, -0.05) is 24.3 Å². The predicted octanol–water partition coefficient (Wildman–Crippen LogP) is 3.91. The van der Waals surface area contributed by atoms with Crippen molar-refractivity contribution in [2.45, 2.75) is 39.3 Å². The molecule has 12 heteroatoms. The minimum atomic E-state index is -4.64. The van der Waals surface area contributed by atoms with Crippen LogP contribution < -0.4 is 20.3 Å². The molecule has 0 saturated carbocycles. The Morgan fingerprint density at radius 1 is 1.14 bits per heavy atom. The first-order chi connectivity index (χ1) is 17.5. The Morgan fingerprint density at radius 2 is 1.86 bits per heavy atom. The molecular formula is C25H25F4N4O4+. The molecule has 0 spiro atoms. The number of nitrogens with one attached hydrogen (secondary N) is 2. The highest BCUT2D eigenvalue weighted by atomic mass is 19.4. The Labute approximate surface area is 209 Å². The molecule has 4 rings (SSSR count). The van der Waals surface area contributed by atoms with Crippen molar-refractivity contribution >= 4 is 17.7 Å². The van der Waals surface area contributed by atoms with Crippen molar-refractivity contribution < 1.29 is 41.2 Å². The number of rotatable bonds is 8. The molecule has 0 bridgehead atoms. The third kappa shape index (κ3) is 6.26. The lowest BCUT2D eigenvalue weighted by molar-refractivity contribution is -0.982. The van der Waals surface area contributed by atoms with Crippen LogP contribution in [0.15, 0.2) is 53.1 Å². The molecule has 2 amide bonds. The molecule has 0 unspecified atom stereocenters. The fourth-order valence-electron chi connectivity index (χ4n) is 4.00. The lowest BCUT2D eigenvalue weighted by Crippen LogP contribution is -2.49. The Hall–Kier alpha value is -3.93. The van der Waals surface area contributed by atoms with Crippen molar-refractivity contribution in [1.29, 1.82) is 0 Å². The summed E-state index contributed by atoms with van der Waals surface area (Å²) in [5.41, 5.74) is 2.01. The van der Waals surface area contributed by atoms with Crippen LogP contribution in [0, 0.1) is 12.7 Å². The van der Waals surface area contributed by atoms with E-state index >= 15 is 0 Å². The molecule has 0 aliphatic carbocycles. The summed E-state index contributed by atoms with van der Waals surface area (Å²) in [6.07, 6.45) is -5.79. The van der Waals surface area contributed by atoms with E-state index in [1.54, 1.807) is 36.4 Å². The van der Waals surface area contributed by atoms with Gasteiger partial charge in [-0.05, 0) is 29.3 Å². The Balaban J connectivity index is 1.37. The average Bonchev–Trinajstić information content (AvgIpc) is 3.40. The van der Waals surface area contributed by atoms with Gasteiger partial charge in [-0.25, -0.2) is 13.7 Å². The Morgan fingerprint density at radius 3 is 2.51 bits per heavy atom. The van der Waals surface area contributed by atoms with Crippen LogP contribution in [0.5, 0.6) is 0 Å². The molecule has 1 aromatic heterocycles. The smallest absolute Gasteiger partial charge is 0.442 e. The molecule has 196 valence electrons. The zero-order valence-electron chi connectivity index (χ0n) is 20.1. The number of benzene rings is 2. The average molecular weight is 521 g/mol. The van der Waals surface area contributed by atoms with Crippen molar-refractivity contribution in [2.24, 2.45) is 0 Å². The summed E-state index contributed by atoms with van der Waals surface area (Å²) in [6, 6.07) is 12.6. The molecule has 1 atom stereocenters. The highest BCUT2D eigenvalue weighted by molar-refractivity contribution is 5.90. The van der Waals surface area contributed by atoms with Crippen LogP contribution in [-0.2, 0) is 28.9 Å². The second kappa shape index (κ2) is 10.6. The predicted molar refractivity (Wildman–Crippen MR) is 124 cm³/mol. The van der Waals surface area contributed by atoms with Crippen LogP contribution >= 0.6 is 0 Å². The lowest BCUT2D eigenvalue weighted by Gasteiger charge is -2.15. The third-order valence-electron chi connectivity index (χ3n) is 5.71. The van der Waals surface area contributed by atoms with E-state index in [4.69, 9.17) is 9.26 Å². The molecule has 1 aliphatic heterocycles. The lowest BCUT2D eigenvalue weighted by atomic mass is 10.0. The normalized spacial score (nSPS) is 15.7. The summed E-state index contributed by atoms with van der Waals surface area (Å²) in [6.45, 7) is 3.39. The number of ether oxygens (including phenoxy) is 1. The number of carbonyl (C=O) groups is 2. The summed E-state index contributed by atoms with van der Waals surface area (Å²) in [4.78, 5) is 24.6. The fourth-order valence-corrected chi connectivity index (χ4v) is 4.00. The van der Waals surface area contributed by atoms with Crippen molar-refractivity contribution in [3.8, 4) is 11.1 Å². The zero-order valence-corrected chi connectivity index (χ0v) is 20.1. The maximum absolute atomic E-state index is 14.9. The number of aryl methyl sites for hydroxylation is 1. The minimum Gasteiger partial charge on any atom is -0.442 e. The van der Waals surface area contributed by atoms with Gasteiger partial charge < -0.3 is 15.4 Å². The van der Waals surface area contributed by atoms with E-state index in [1.165, 1.54) is 30.9 Å². The number of halogens is 4. The van der Waals surface area contributed by atoms with E-state index in [0.717, 1.165) is 5.56 Å². The van der Waals surface area contributed by atoms with Gasteiger partial charge in [0.1, 0.15) is 11.9 Å². The van der Waals surface area contributed by atoms with Crippen LogP contribution in [0.3, 0.4) is 0 Å². The van der Waals surface area contributed by atoms with Gasteiger partial charge in [-0.3, -0.25) is 9.69 Å². The number of aromatic nitrogens is 1. The first kappa shape index (κ1) is 26.1. The molecule has 2 N–H and O–H groups in total. The molecule has 2 aromatic carbocycles. The number of cyclic esters (lactones) is 1.